The molecule has 1 aliphatic heterocycles. The molecule has 0 N–H and O–H groups in total. The van der Waals surface area contributed by atoms with Crippen molar-refractivity contribution in [1.29, 1.82) is 0 Å². The number of hydrogen-bond acceptors (Lipinski definition) is 4. The smallest absolute Gasteiger partial charge is 0.221 e. The molecular formula is C17H22N2OS. The van der Waals surface area contributed by atoms with Crippen molar-refractivity contribution in [1.82, 2.24) is 9.29 Å². The molecule has 0 saturated carbocycles. The van der Waals surface area contributed by atoms with Gasteiger partial charge in [0.25, 0.3) is 0 Å². The van der Waals surface area contributed by atoms with Gasteiger partial charge in [0.15, 0.2) is 0 Å². The highest BCUT2D eigenvalue weighted by Gasteiger charge is 2.21. The Morgan fingerprint density at radius 1 is 1.29 bits per heavy atom. The first kappa shape index (κ1) is 14.7. The first-order valence-electron chi connectivity index (χ1n) is 7.64. The Hall–Kier alpha value is -1.26. The number of pyridine rings is 1. The zero-order valence-corrected chi connectivity index (χ0v) is 13.5. The minimum Gasteiger partial charge on any atom is -0.474 e. The molecule has 4 heteroatoms. The van der Waals surface area contributed by atoms with Gasteiger partial charge in [0.2, 0.25) is 5.88 Å². The quantitative estimate of drug-likeness (QED) is 0.799. The fourth-order valence-corrected chi connectivity index (χ4v) is 3.36. The van der Waals surface area contributed by atoms with Gasteiger partial charge in [0.05, 0.1) is 0 Å². The minimum absolute atomic E-state index is 0.288. The summed E-state index contributed by atoms with van der Waals surface area (Å²) in [7, 11) is 0. The Balaban J connectivity index is 1.83. The van der Waals surface area contributed by atoms with E-state index in [1.807, 2.05) is 11.9 Å². The lowest BCUT2D eigenvalue weighted by Gasteiger charge is -2.30. The molecule has 0 aliphatic carbocycles. The molecule has 0 amide bonds. The Labute approximate surface area is 130 Å². The van der Waals surface area contributed by atoms with Crippen LogP contribution in [0, 0.1) is 0 Å². The summed E-state index contributed by atoms with van der Waals surface area (Å²) in [6.07, 6.45) is 5.52. The number of hydrogen-bond donors (Lipinski definition) is 0. The first-order chi connectivity index (χ1) is 10.3. The summed E-state index contributed by atoms with van der Waals surface area (Å²) >= 11 is 1.82. The highest BCUT2D eigenvalue weighted by atomic mass is 32.2. The number of aromatic nitrogens is 1. The van der Waals surface area contributed by atoms with E-state index in [4.69, 9.17) is 9.72 Å². The lowest BCUT2D eigenvalue weighted by atomic mass is 10.1. The number of ether oxygens (including phenoxy) is 1. The summed E-state index contributed by atoms with van der Waals surface area (Å²) in [5, 5.41) is 2.35. The van der Waals surface area contributed by atoms with Crippen molar-refractivity contribution in [3.05, 3.63) is 36.0 Å². The number of fused-ring (bicyclic) bond motifs is 1. The zero-order valence-electron chi connectivity index (χ0n) is 12.7. The standard InChI is InChI=1S/C17H22N2OS/c1-3-14-12-13-6-4-5-7-16(13)17(18-14)20-15-8-10-19(21-2)11-9-15/h4-7,12,15H,3,8-11H2,1-2H3. The maximum atomic E-state index is 6.26. The molecule has 21 heavy (non-hydrogen) atoms. The second-order valence-electron chi connectivity index (χ2n) is 5.42. The van der Waals surface area contributed by atoms with Gasteiger partial charge in [0.1, 0.15) is 6.10 Å². The molecule has 1 aromatic heterocycles. The van der Waals surface area contributed by atoms with Crippen molar-refractivity contribution < 1.29 is 4.74 Å². The Morgan fingerprint density at radius 2 is 2.05 bits per heavy atom. The molecule has 1 saturated heterocycles. The maximum Gasteiger partial charge on any atom is 0.221 e. The number of benzene rings is 1. The van der Waals surface area contributed by atoms with Crippen molar-refractivity contribution in [3.8, 4) is 5.88 Å². The van der Waals surface area contributed by atoms with E-state index in [0.29, 0.717) is 0 Å². The molecule has 0 unspecified atom stereocenters. The molecule has 3 rings (SSSR count). The lowest BCUT2D eigenvalue weighted by Crippen LogP contribution is -2.34. The highest BCUT2D eigenvalue weighted by Crippen LogP contribution is 2.28. The molecule has 0 bridgehead atoms. The van der Waals surface area contributed by atoms with Gasteiger partial charge < -0.3 is 4.74 Å². The van der Waals surface area contributed by atoms with E-state index in [1.165, 1.54) is 5.39 Å². The van der Waals surface area contributed by atoms with Crippen LogP contribution in [0.15, 0.2) is 30.3 Å². The number of rotatable bonds is 4. The van der Waals surface area contributed by atoms with E-state index in [9.17, 15) is 0 Å². The topological polar surface area (TPSA) is 25.4 Å². The molecule has 2 heterocycles. The van der Waals surface area contributed by atoms with Crippen molar-refractivity contribution in [2.75, 3.05) is 19.3 Å². The summed E-state index contributed by atoms with van der Waals surface area (Å²) in [5.74, 6) is 0.813. The predicted molar refractivity (Wildman–Crippen MR) is 89.9 cm³/mol. The average molecular weight is 302 g/mol. The molecule has 1 fully saturated rings. The van der Waals surface area contributed by atoms with Crippen LogP contribution in [0.1, 0.15) is 25.5 Å². The van der Waals surface area contributed by atoms with Gasteiger partial charge in [-0.05, 0) is 43.0 Å². The largest absolute Gasteiger partial charge is 0.474 e. The van der Waals surface area contributed by atoms with Gasteiger partial charge in [-0.2, -0.15) is 0 Å². The molecule has 2 aromatic rings. The number of aryl methyl sites for hydroxylation is 1. The van der Waals surface area contributed by atoms with Crippen LogP contribution in [0.4, 0.5) is 0 Å². The van der Waals surface area contributed by atoms with Gasteiger partial charge in [-0.15, -0.1) is 0 Å². The third kappa shape index (κ3) is 3.33. The first-order valence-corrected chi connectivity index (χ1v) is 8.82. The molecule has 0 atom stereocenters. The van der Waals surface area contributed by atoms with Gasteiger partial charge >= 0.3 is 0 Å². The fourth-order valence-electron chi connectivity index (χ4n) is 2.78. The second-order valence-corrected chi connectivity index (χ2v) is 6.30. The zero-order chi connectivity index (χ0) is 14.7. The SMILES string of the molecule is CCc1cc2ccccc2c(OC2CCN(SC)CC2)n1. The molecule has 0 spiro atoms. The summed E-state index contributed by atoms with van der Waals surface area (Å²) in [5.41, 5.74) is 1.10. The van der Waals surface area contributed by atoms with Gasteiger partial charge in [-0.25, -0.2) is 4.98 Å². The summed E-state index contributed by atoms with van der Waals surface area (Å²) < 4.78 is 8.65. The van der Waals surface area contributed by atoms with Gasteiger partial charge in [-0.1, -0.05) is 37.1 Å². The van der Waals surface area contributed by atoms with Crippen molar-refractivity contribution in [3.63, 3.8) is 0 Å². The molecular weight excluding hydrogens is 280 g/mol. The fraction of sp³-hybridized carbons (Fsp3) is 0.471. The Bertz CT molecular complexity index is 609. The molecule has 0 radical (unpaired) electrons. The minimum atomic E-state index is 0.288. The van der Waals surface area contributed by atoms with Crippen LogP contribution in [0.25, 0.3) is 10.8 Å². The van der Waals surface area contributed by atoms with E-state index < -0.39 is 0 Å². The van der Waals surface area contributed by atoms with Crippen LogP contribution in [-0.2, 0) is 6.42 Å². The van der Waals surface area contributed by atoms with E-state index in [0.717, 1.165) is 49.3 Å². The van der Waals surface area contributed by atoms with Crippen LogP contribution in [0.2, 0.25) is 0 Å². The maximum absolute atomic E-state index is 6.26. The van der Waals surface area contributed by atoms with Crippen LogP contribution in [0.5, 0.6) is 5.88 Å². The van der Waals surface area contributed by atoms with E-state index in [-0.39, 0.29) is 6.10 Å². The molecule has 112 valence electrons. The summed E-state index contributed by atoms with van der Waals surface area (Å²) in [6, 6.07) is 10.5. The third-order valence-electron chi connectivity index (χ3n) is 4.06. The third-order valence-corrected chi connectivity index (χ3v) is 4.94. The van der Waals surface area contributed by atoms with E-state index in [2.05, 4.69) is 47.8 Å². The average Bonchev–Trinajstić information content (AvgIpc) is 2.55. The Kier molecular flexibility index (Phi) is 4.66. The monoisotopic (exact) mass is 302 g/mol. The highest BCUT2D eigenvalue weighted by molar-refractivity contribution is 7.96. The lowest BCUT2D eigenvalue weighted by molar-refractivity contribution is 0.135. The van der Waals surface area contributed by atoms with Crippen LogP contribution < -0.4 is 4.74 Å². The van der Waals surface area contributed by atoms with Crippen molar-refractivity contribution in [2.24, 2.45) is 0 Å². The van der Waals surface area contributed by atoms with Crippen LogP contribution in [-0.4, -0.2) is 34.7 Å². The molecule has 3 nitrogen and oxygen atoms in total. The Morgan fingerprint density at radius 3 is 2.76 bits per heavy atom. The van der Waals surface area contributed by atoms with E-state index in [1.54, 1.807) is 0 Å². The second kappa shape index (κ2) is 6.67. The van der Waals surface area contributed by atoms with Gasteiger partial charge in [-0.3, -0.25) is 4.31 Å². The van der Waals surface area contributed by atoms with Crippen LogP contribution in [0.3, 0.4) is 0 Å². The number of nitrogens with zero attached hydrogens (tertiary/aromatic N) is 2. The summed E-state index contributed by atoms with van der Waals surface area (Å²) in [4.78, 5) is 4.71. The summed E-state index contributed by atoms with van der Waals surface area (Å²) in [6.45, 7) is 4.33. The van der Waals surface area contributed by atoms with Gasteiger partial charge in [0, 0.05) is 24.2 Å². The van der Waals surface area contributed by atoms with Crippen LogP contribution >= 0.6 is 11.9 Å². The van der Waals surface area contributed by atoms with E-state index >= 15 is 0 Å². The normalized spacial score (nSPS) is 17.2. The molecule has 1 aromatic carbocycles. The predicted octanol–water partition coefficient (Wildman–Crippen LogP) is 3.92. The molecule has 1 aliphatic rings. The van der Waals surface area contributed by atoms with Crippen molar-refractivity contribution >= 4 is 22.7 Å². The van der Waals surface area contributed by atoms with Crippen molar-refractivity contribution in [2.45, 2.75) is 32.3 Å². The number of piperidine rings is 1.